The molecule has 1 atom stereocenters. The van der Waals surface area contributed by atoms with E-state index in [1.807, 2.05) is 18.2 Å². The molecule has 0 saturated heterocycles. The van der Waals surface area contributed by atoms with Gasteiger partial charge < -0.3 is 14.2 Å². The van der Waals surface area contributed by atoms with Gasteiger partial charge in [-0.1, -0.05) is 31.9 Å². The van der Waals surface area contributed by atoms with Crippen LogP contribution < -0.4 is 4.74 Å². The van der Waals surface area contributed by atoms with Gasteiger partial charge in [0.25, 0.3) is 0 Å². The lowest BCUT2D eigenvalue weighted by Gasteiger charge is -2.20. The molecule has 0 aliphatic heterocycles. The smallest absolute Gasteiger partial charge is 0.162 e. The third-order valence-electron chi connectivity index (χ3n) is 3.76. The molecule has 0 fully saturated rings. The van der Waals surface area contributed by atoms with E-state index in [1.165, 1.54) is 5.56 Å². The summed E-state index contributed by atoms with van der Waals surface area (Å²) < 4.78 is 16.7. The topological polar surface area (TPSA) is 44.8 Å². The van der Waals surface area contributed by atoms with E-state index in [9.17, 15) is 4.79 Å². The molecule has 0 radical (unpaired) electrons. The van der Waals surface area contributed by atoms with Crippen LogP contribution in [0.2, 0.25) is 0 Å². The Morgan fingerprint density at radius 2 is 2.00 bits per heavy atom. The maximum absolute atomic E-state index is 11.0. The molecule has 0 spiro atoms. The third-order valence-corrected chi connectivity index (χ3v) is 3.76. The molecule has 1 aromatic carbocycles. The molecule has 136 valence electrons. The number of methoxy groups -OCH3 is 1. The molecule has 24 heavy (non-hydrogen) atoms. The minimum absolute atomic E-state index is 0.0648. The molecule has 0 aliphatic carbocycles. The number of unbranched alkanes of at least 4 members (excludes halogenated alkanes) is 2. The molecule has 1 aromatic rings. The second-order valence-electron chi connectivity index (χ2n) is 6.61. The summed E-state index contributed by atoms with van der Waals surface area (Å²) in [6.07, 6.45) is 7.04. The number of hydrogen-bond donors (Lipinski definition) is 0. The molecule has 0 amide bonds. The second-order valence-corrected chi connectivity index (χ2v) is 6.61. The van der Waals surface area contributed by atoms with Crippen LogP contribution >= 0.6 is 0 Å². The molecule has 0 N–H and O–H groups in total. The van der Waals surface area contributed by atoms with E-state index in [0.29, 0.717) is 0 Å². The molecule has 1 rings (SSSR count). The van der Waals surface area contributed by atoms with Crippen LogP contribution in [0.25, 0.3) is 0 Å². The fraction of sp³-hybridized carbons (Fsp3) is 0.650. The van der Waals surface area contributed by atoms with E-state index >= 15 is 0 Å². The number of carbonyl (C=O) groups is 1. The first-order valence-corrected chi connectivity index (χ1v) is 8.89. The van der Waals surface area contributed by atoms with Crippen LogP contribution in [0.3, 0.4) is 0 Å². The minimum Gasteiger partial charge on any atom is -0.480 e. The van der Waals surface area contributed by atoms with Crippen molar-refractivity contribution in [2.45, 2.75) is 71.2 Å². The zero-order valence-corrected chi connectivity index (χ0v) is 15.5. The van der Waals surface area contributed by atoms with Crippen LogP contribution in [0.5, 0.6) is 5.75 Å². The standard InChI is InChI=1S/C20H32O4/c1-5-10-19(22-4)23-14-8-6-7-11-17-12-9-13-18(15-17)24-20(2,3)16-21/h9,12-13,15-16,19H,5-8,10-11,14H2,1-4H3. The van der Waals surface area contributed by atoms with E-state index in [1.54, 1.807) is 21.0 Å². The summed E-state index contributed by atoms with van der Waals surface area (Å²) in [6.45, 7) is 6.40. The maximum Gasteiger partial charge on any atom is 0.162 e. The van der Waals surface area contributed by atoms with Gasteiger partial charge in [0.05, 0.1) is 0 Å². The number of hydrogen-bond acceptors (Lipinski definition) is 4. The van der Waals surface area contributed by atoms with Gasteiger partial charge in [-0.2, -0.15) is 0 Å². The molecule has 0 saturated carbocycles. The summed E-state index contributed by atoms with van der Waals surface area (Å²) in [5, 5.41) is 0. The maximum atomic E-state index is 11.0. The number of benzene rings is 1. The largest absolute Gasteiger partial charge is 0.480 e. The van der Waals surface area contributed by atoms with Crippen LogP contribution in [-0.4, -0.2) is 31.9 Å². The molecule has 1 unspecified atom stereocenters. The Balaban J connectivity index is 2.27. The zero-order chi connectivity index (χ0) is 17.8. The average Bonchev–Trinajstić information content (AvgIpc) is 2.57. The Morgan fingerprint density at radius 1 is 1.21 bits per heavy atom. The first-order chi connectivity index (χ1) is 11.5. The second kappa shape index (κ2) is 11.2. The first-order valence-electron chi connectivity index (χ1n) is 8.89. The summed E-state index contributed by atoms with van der Waals surface area (Å²) in [5.74, 6) is 0.746. The highest BCUT2D eigenvalue weighted by Gasteiger charge is 2.18. The number of aldehydes is 1. The predicted molar refractivity (Wildman–Crippen MR) is 96.4 cm³/mol. The van der Waals surface area contributed by atoms with Crippen LogP contribution in [0.1, 0.15) is 58.4 Å². The molecule has 4 heteroatoms. The van der Waals surface area contributed by atoms with E-state index in [-0.39, 0.29) is 6.29 Å². The van der Waals surface area contributed by atoms with Crippen molar-refractivity contribution in [2.24, 2.45) is 0 Å². The Hall–Kier alpha value is -1.39. The number of rotatable bonds is 13. The van der Waals surface area contributed by atoms with E-state index in [2.05, 4.69) is 13.0 Å². The summed E-state index contributed by atoms with van der Waals surface area (Å²) in [7, 11) is 1.70. The van der Waals surface area contributed by atoms with E-state index in [0.717, 1.165) is 57.2 Å². The third kappa shape index (κ3) is 8.46. The van der Waals surface area contributed by atoms with Crippen molar-refractivity contribution >= 4 is 6.29 Å². The van der Waals surface area contributed by atoms with Gasteiger partial charge in [-0.3, -0.25) is 4.79 Å². The van der Waals surface area contributed by atoms with Gasteiger partial charge in [0.1, 0.15) is 5.75 Å². The van der Waals surface area contributed by atoms with Gasteiger partial charge in [-0.05, 0) is 57.2 Å². The molecular formula is C20H32O4. The summed E-state index contributed by atoms with van der Waals surface area (Å²) >= 11 is 0. The molecule has 4 nitrogen and oxygen atoms in total. The van der Waals surface area contributed by atoms with Gasteiger partial charge in [-0.15, -0.1) is 0 Å². The van der Waals surface area contributed by atoms with Crippen LogP contribution in [0.15, 0.2) is 24.3 Å². The van der Waals surface area contributed by atoms with Gasteiger partial charge in [-0.25, -0.2) is 0 Å². The molecular weight excluding hydrogens is 304 g/mol. The average molecular weight is 336 g/mol. The number of aryl methyl sites for hydroxylation is 1. The lowest BCUT2D eigenvalue weighted by atomic mass is 10.1. The van der Waals surface area contributed by atoms with Crippen molar-refractivity contribution in [2.75, 3.05) is 13.7 Å². The Morgan fingerprint density at radius 3 is 2.67 bits per heavy atom. The SMILES string of the molecule is CCCC(OC)OCCCCCc1cccc(OC(C)(C)C=O)c1. The Labute approximate surface area is 146 Å². The molecule has 0 bridgehead atoms. The quantitative estimate of drug-likeness (QED) is 0.301. The normalized spacial score (nSPS) is 12.8. The van der Waals surface area contributed by atoms with Gasteiger partial charge in [0.15, 0.2) is 18.2 Å². The van der Waals surface area contributed by atoms with Crippen molar-refractivity contribution in [1.29, 1.82) is 0 Å². The summed E-state index contributed by atoms with van der Waals surface area (Å²) in [5.41, 5.74) is 0.447. The summed E-state index contributed by atoms with van der Waals surface area (Å²) in [4.78, 5) is 11.0. The fourth-order valence-electron chi connectivity index (χ4n) is 2.42. The van der Waals surface area contributed by atoms with Gasteiger partial charge >= 0.3 is 0 Å². The van der Waals surface area contributed by atoms with Crippen molar-refractivity contribution in [3.8, 4) is 5.75 Å². The van der Waals surface area contributed by atoms with Crippen molar-refractivity contribution in [1.82, 2.24) is 0 Å². The highest BCUT2D eigenvalue weighted by molar-refractivity contribution is 5.61. The van der Waals surface area contributed by atoms with Gasteiger partial charge in [0.2, 0.25) is 0 Å². The van der Waals surface area contributed by atoms with Gasteiger partial charge in [0, 0.05) is 13.7 Å². The van der Waals surface area contributed by atoms with Crippen molar-refractivity contribution < 1.29 is 19.0 Å². The van der Waals surface area contributed by atoms with Crippen LogP contribution in [0, 0.1) is 0 Å². The summed E-state index contributed by atoms with van der Waals surface area (Å²) in [6, 6.07) is 7.98. The molecule has 0 aromatic heterocycles. The van der Waals surface area contributed by atoms with Crippen LogP contribution in [-0.2, 0) is 20.7 Å². The van der Waals surface area contributed by atoms with E-state index in [4.69, 9.17) is 14.2 Å². The first kappa shape index (κ1) is 20.7. The lowest BCUT2D eigenvalue weighted by molar-refractivity contribution is -0.128. The van der Waals surface area contributed by atoms with Crippen molar-refractivity contribution in [3.63, 3.8) is 0 Å². The molecule has 0 aliphatic rings. The highest BCUT2D eigenvalue weighted by Crippen LogP contribution is 2.20. The molecule has 0 heterocycles. The Bertz CT molecular complexity index is 470. The minimum atomic E-state index is -0.785. The fourth-order valence-corrected chi connectivity index (χ4v) is 2.42. The predicted octanol–water partition coefficient (Wildman–Crippen LogP) is 4.54. The zero-order valence-electron chi connectivity index (χ0n) is 15.5. The number of ether oxygens (including phenoxy) is 3. The monoisotopic (exact) mass is 336 g/mol. The van der Waals surface area contributed by atoms with Crippen molar-refractivity contribution in [3.05, 3.63) is 29.8 Å². The highest BCUT2D eigenvalue weighted by atomic mass is 16.7. The lowest BCUT2D eigenvalue weighted by Crippen LogP contribution is -2.29. The number of carbonyl (C=O) groups excluding carboxylic acids is 1. The van der Waals surface area contributed by atoms with Crippen LogP contribution in [0.4, 0.5) is 0 Å². The van der Waals surface area contributed by atoms with E-state index < -0.39 is 5.60 Å². The Kier molecular flexibility index (Phi) is 9.65.